The molecule has 5 rings (SSSR count). The number of rotatable bonds is 20. The molecule has 0 radical (unpaired) electrons. The number of nitrogens with one attached hydrogen (secondary N) is 1. The van der Waals surface area contributed by atoms with E-state index in [0.29, 0.717) is 43.0 Å². The number of fused-ring (bicyclic) bond motifs is 2. The summed E-state index contributed by atoms with van der Waals surface area (Å²) in [5.41, 5.74) is 3.38. The van der Waals surface area contributed by atoms with Gasteiger partial charge in [0.05, 0.1) is 24.8 Å². The minimum absolute atomic E-state index is 0.0168. The van der Waals surface area contributed by atoms with Gasteiger partial charge < -0.3 is 44.2 Å². The first-order chi connectivity index (χ1) is 26.8. The highest BCUT2D eigenvalue weighted by Gasteiger charge is 2.65. The third kappa shape index (κ3) is 9.78. The van der Waals surface area contributed by atoms with Crippen LogP contribution in [0.2, 0.25) is 0 Å². The number of aliphatic hydroxyl groups is 2. The van der Waals surface area contributed by atoms with Crippen LogP contribution in [0.1, 0.15) is 75.3 Å². The number of amides is 2. The van der Waals surface area contributed by atoms with Crippen LogP contribution in [0, 0.1) is 17.8 Å². The maximum Gasteiger partial charge on any atom is 0.412 e. The van der Waals surface area contributed by atoms with Crippen LogP contribution in [0.25, 0.3) is 0 Å². The number of aliphatic hydroxyl groups excluding tert-OH is 2. The number of carbonyl (C=O) groups is 2. The van der Waals surface area contributed by atoms with E-state index in [1.165, 1.54) is 0 Å². The van der Waals surface area contributed by atoms with Gasteiger partial charge in [0.2, 0.25) is 5.79 Å². The molecule has 1 aliphatic heterocycles. The molecule has 1 fully saturated rings. The fourth-order valence-electron chi connectivity index (χ4n) is 8.30. The van der Waals surface area contributed by atoms with E-state index < -0.39 is 29.9 Å². The van der Waals surface area contributed by atoms with Gasteiger partial charge in [-0.1, -0.05) is 66.6 Å². The average molecular weight is 760 g/mol. The van der Waals surface area contributed by atoms with Crippen LogP contribution in [0.4, 0.5) is 9.59 Å². The van der Waals surface area contributed by atoms with E-state index in [2.05, 4.69) is 24.6 Å². The van der Waals surface area contributed by atoms with E-state index in [4.69, 9.17) is 28.9 Å². The minimum atomic E-state index is -1.42. The Morgan fingerprint density at radius 2 is 1.82 bits per heavy atom. The molecule has 0 saturated heterocycles. The lowest BCUT2D eigenvalue weighted by Crippen LogP contribution is -2.69. The maximum absolute atomic E-state index is 13.8. The Morgan fingerprint density at radius 3 is 2.53 bits per heavy atom. The first-order valence-electron chi connectivity index (χ1n) is 19.5. The molecule has 6 atom stereocenters. The van der Waals surface area contributed by atoms with Gasteiger partial charge in [-0.05, 0) is 80.2 Å². The Balaban J connectivity index is 1.72. The largest absolute Gasteiger partial charge is 0.459 e. The summed E-state index contributed by atoms with van der Waals surface area (Å²) in [4.78, 5) is 34.0. The number of hydrogen-bond donors (Lipinski definition) is 3. The van der Waals surface area contributed by atoms with Crippen LogP contribution in [-0.2, 0) is 20.9 Å². The van der Waals surface area contributed by atoms with Crippen LogP contribution >= 0.6 is 0 Å². The van der Waals surface area contributed by atoms with Gasteiger partial charge in [-0.15, -0.1) is 13.2 Å². The zero-order valence-corrected chi connectivity index (χ0v) is 32.2. The van der Waals surface area contributed by atoms with E-state index in [-0.39, 0.29) is 57.2 Å². The van der Waals surface area contributed by atoms with Gasteiger partial charge in [0, 0.05) is 44.7 Å². The van der Waals surface area contributed by atoms with E-state index >= 15 is 0 Å². The molecule has 1 heterocycles. The number of unbranched alkanes of at least 4 members (excludes halogenated alkanes) is 2. The zero-order chi connectivity index (χ0) is 39.2. The van der Waals surface area contributed by atoms with Crippen LogP contribution in [0.3, 0.4) is 0 Å². The Kier molecular flexibility index (Phi) is 15.3. The number of nitrogens with zero attached hydrogens (tertiary/aromatic N) is 2. The molecule has 12 heteroatoms. The first kappa shape index (κ1) is 41.5. The van der Waals surface area contributed by atoms with Crippen LogP contribution < -0.4 is 14.8 Å². The van der Waals surface area contributed by atoms with Crippen molar-refractivity contribution in [3.05, 3.63) is 96.6 Å². The zero-order valence-electron chi connectivity index (χ0n) is 32.2. The topological polar surface area (TPSA) is 148 Å². The van der Waals surface area contributed by atoms with Crippen LogP contribution in [-0.4, -0.2) is 84.9 Å². The monoisotopic (exact) mass is 759 g/mol. The molecular formula is C43H57N3O9. The molecule has 2 aliphatic carbocycles. The number of allylic oxidation sites excluding steroid dienone is 1. The second-order valence-electron chi connectivity index (χ2n) is 14.3. The number of ether oxygens (including phenoxy) is 4. The molecule has 1 saturated carbocycles. The number of likely N-dealkylation sites (N-methyl/N-ethyl adjacent to an activating group) is 1. The van der Waals surface area contributed by atoms with Gasteiger partial charge >= 0.3 is 12.2 Å². The Bertz CT molecular complexity index is 1660. The summed E-state index contributed by atoms with van der Waals surface area (Å²) in [6, 6.07) is 14.4. The second-order valence-corrected chi connectivity index (χ2v) is 14.3. The number of oxime groups is 1. The molecular weight excluding hydrogens is 702 g/mol. The average Bonchev–Trinajstić information content (AvgIpc) is 3.19. The van der Waals surface area contributed by atoms with Crippen molar-refractivity contribution in [2.75, 3.05) is 40.0 Å². The van der Waals surface area contributed by atoms with Gasteiger partial charge in [-0.2, -0.15) is 0 Å². The minimum Gasteiger partial charge on any atom is -0.459 e. The van der Waals surface area contributed by atoms with Gasteiger partial charge in [0.1, 0.15) is 24.1 Å². The van der Waals surface area contributed by atoms with Gasteiger partial charge in [-0.25, -0.2) is 9.59 Å². The summed E-state index contributed by atoms with van der Waals surface area (Å²) in [6.07, 6.45) is 9.73. The fraction of sp³-hybridized carbons (Fsp3) is 0.512. The van der Waals surface area contributed by atoms with E-state index in [9.17, 15) is 19.8 Å². The fourth-order valence-corrected chi connectivity index (χ4v) is 8.30. The predicted molar refractivity (Wildman–Crippen MR) is 210 cm³/mol. The quantitative estimate of drug-likeness (QED) is 0.0720. The summed E-state index contributed by atoms with van der Waals surface area (Å²) in [7, 11) is 1.69. The van der Waals surface area contributed by atoms with Gasteiger partial charge in [0.15, 0.2) is 0 Å². The highest BCUT2D eigenvalue weighted by atomic mass is 16.7. The number of hydrogen-bond acceptors (Lipinski definition) is 10. The van der Waals surface area contributed by atoms with Crippen LogP contribution in [0.5, 0.6) is 11.5 Å². The van der Waals surface area contributed by atoms with Crippen molar-refractivity contribution in [3.8, 4) is 11.5 Å². The highest BCUT2D eigenvalue weighted by Crippen LogP contribution is 2.61. The molecule has 55 heavy (non-hydrogen) atoms. The molecule has 3 aliphatic rings. The standard InChI is InChI=1S/C43H57N3O9/c1-5-8-25-51-42(50)46(4)38-28-36(45-53-29-30-16-10-9-11-17-30)34-26-31(18-12-14-22-47)33(19-13-15-23-48)39-35-27-32(54-41(49)44-7-3)20-21-37(35)55-43(38,40(34)39)52-24-6-2/h5-6,9-11,16-17,20-21,26-27,31,33,38-40,47-48H,1-2,7-8,12-15,18-19,22-25,28-29H2,3-4H3,(H,44,49)/t31-,33+,38-,39+,40+,43+/m0/s1. The van der Waals surface area contributed by atoms with Crippen molar-refractivity contribution in [1.82, 2.24) is 10.2 Å². The van der Waals surface area contributed by atoms with Crippen molar-refractivity contribution >= 4 is 17.9 Å². The van der Waals surface area contributed by atoms with Crippen molar-refractivity contribution in [3.63, 3.8) is 0 Å². The van der Waals surface area contributed by atoms with E-state index in [1.54, 1.807) is 36.2 Å². The summed E-state index contributed by atoms with van der Waals surface area (Å²) in [6.45, 7) is 10.7. The first-order valence-corrected chi connectivity index (χ1v) is 19.5. The molecule has 0 bridgehead atoms. The lowest BCUT2D eigenvalue weighted by molar-refractivity contribution is -0.253. The lowest BCUT2D eigenvalue weighted by atomic mass is 9.55. The molecule has 0 spiro atoms. The molecule has 3 N–H and O–H groups in total. The summed E-state index contributed by atoms with van der Waals surface area (Å²) < 4.78 is 25.4. The van der Waals surface area contributed by atoms with Crippen molar-refractivity contribution in [2.45, 2.75) is 82.6 Å². The number of carbonyl (C=O) groups excluding carboxylic acids is 2. The smallest absolute Gasteiger partial charge is 0.412 e. The Morgan fingerprint density at radius 1 is 1.05 bits per heavy atom. The Labute approximate surface area is 324 Å². The summed E-state index contributed by atoms with van der Waals surface area (Å²) in [5.74, 6) is -1.21. The van der Waals surface area contributed by atoms with E-state index in [0.717, 1.165) is 42.4 Å². The molecule has 2 amide bonds. The summed E-state index contributed by atoms with van der Waals surface area (Å²) >= 11 is 0. The van der Waals surface area contributed by atoms with E-state index in [1.807, 2.05) is 43.3 Å². The van der Waals surface area contributed by atoms with Crippen LogP contribution in [0.15, 0.2) is 90.6 Å². The normalized spacial score (nSPS) is 24.3. The van der Waals surface area contributed by atoms with Crippen molar-refractivity contribution < 1.29 is 43.6 Å². The second kappa shape index (κ2) is 20.3. The molecule has 2 aromatic rings. The Hall–Kier alpha value is -4.65. The molecule has 298 valence electrons. The molecule has 2 aromatic carbocycles. The van der Waals surface area contributed by atoms with Crippen molar-refractivity contribution in [2.24, 2.45) is 22.9 Å². The molecule has 0 unspecified atom stereocenters. The molecule has 0 aromatic heterocycles. The van der Waals surface area contributed by atoms with Gasteiger partial charge in [-0.3, -0.25) is 0 Å². The number of benzene rings is 2. The predicted octanol–water partition coefficient (Wildman–Crippen LogP) is 7.27. The third-order valence-corrected chi connectivity index (χ3v) is 10.7. The van der Waals surface area contributed by atoms with Crippen molar-refractivity contribution in [1.29, 1.82) is 0 Å². The molecule has 12 nitrogen and oxygen atoms in total. The highest BCUT2D eigenvalue weighted by molar-refractivity contribution is 6.03. The third-order valence-electron chi connectivity index (χ3n) is 10.7. The maximum atomic E-state index is 13.8. The lowest BCUT2D eigenvalue weighted by Gasteiger charge is -2.59. The summed E-state index contributed by atoms with van der Waals surface area (Å²) in [5, 5.41) is 27.1. The SMILES string of the molecule is C=CCCOC(=O)N(C)[C@H]1CC(=NOCc2ccccc2)C2=C[C@H](CCCCO)[C@@H](CCCCO)[C@@H]3c4cc(OC(=O)NCC)ccc4O[C@@]1(OCC=C)[C@H]23. The van der Waals surface area contributed by atoms with Gasteiger partial charge in [0.25, 0.3) is 0 Å².